The fourth-order valence-electron chi connectivity index (χ4n) is 2.13. The molecule has 0 atom stereocenters. The molecule has 1 N–H and O–H groups in total. The van der Waals surface area contributed by atoms with Gasteiger partial charge in [0.15, 0.2) is 5.78 Å². The van der Waals surface area contributed by atoms with Gasteiger partial charge in [0.25, 0.3) is 0 Å². The van der Waals surface area contributed by atoms with Crippen LogP contribution in [0.5, 0.6) is 11.5 Å². The van der Waals surface area contributed by atoms with Crippen LogP contribution in [0.2, 0.25) is 0 Å². The number of benzene rings is 2. The van der Waals surface area contributed by atoms with Crippen molar-refractivity contribution >= 4 is 16.6 Å². The number of carbonyl (C=O) groups is 1. The molecule has 0 heterocycles. The van der Waals surface area contributed by atoms with Crippen molar-refractivity contribution in [1.82, 2.24) is 0 Å². The van der Waals surface area contributed by atoms with Gasteiger partial charge in [0, 0.05) is 17.9 Å². The molecule has 0 fully saturated rings. The Kier molecular flexibility index (Phi) is 4.02. The summed E-state index contributed by atoms with van der Waals surface area (Å²) < 4.78 is 10.6. The second-order valence-corrected chi connectivity index (χ2v) is 4.22. The number of aliphatic hydroxyl groups excluding tert-OH is 1. The molecule has 0 bridgehead atoms. The fraction of sp³-hybridized carbons (Fsp3) is 0.267. The van der Waals surface area contributed by atoms with Crippen molar-refractivity contribution < 1.29 is 19.4 Å². The van der Waals surface area contributed by atoms with E-state index in [1.54, 1.807) is 20.3 Å². The summed E-state index contributed by atoms with van der Waals surface area (Å²) in [7, 11) is 3.18. The van der Waals surface area contributed by atoms with Crippen molar-refractivity contribution in [2.24, 2.45) is 0 Å². The topological polar surface area (TPSA) is 55.8 Å². The maximum absolute atomic E-state index is 11.4. The molecule has 0 saturated heterocycles. The lowest BCUT2D eigenvalue weighted by atomic mass is 9.99. The predicted octanol–water partition coefficient (Wildman–Crippen LogP) is 1.96. The monoisotopic (exact) mass is 260 g/mol. The molecule has 0 amide bonds. The number of methoxy groups -OCH3 is 2. The summed E-state index contributed by atoms with van der Waals surface area (Å²) in [6.45, 7) is -0.450. The third-order valence-electron chi connectivity index (χ3n) is 3.02. The molecule has 4 heteroatoms. The zero-order valence-corrected chi connectivity index (χ0v) is 11.0. The molecule has 2 rings (SSSR count). The summed E-state index contributed by atoms with van der Waals surface area (Å²) in [5.41, 5.74) is 0.844. The number of ether oxygens (including phenoxy) is 2. The molecular formula is C15H16O4. The molecule has 0 saturated carbocycles. The highest BCUT2D eigenvalue weighted by molar-refractivity contribution is 5.96. The van der Waals surface area contributed by atoms with Crippen molar-refractivity contribution in [2.45, 2.75) is 6.42 Å². The van der Waals surface area contributed by atoms with E-state index < -0.39 is 6.61 Å². The maximum atomic E-state index is 11.4. The van der Waals surface area contributed by atoms with Crippen LogP contribution in [-0.4, -0.2) is 31.7 Å². The van der Waals surface area contributed by atoms with E-state index in [1.165, 1.54) is 0 Å². The zero-order chi connectivity index (χ0) is 13.8. The smallest absolute Gasteiger partial charge is 0.162 e. The maximum Gasteiger partial charge on any atom is 0.162 e. The fourth-order valence-corrected chi connectivity index (χ4v) is 2.13. The largest absolute Gasteiger partial charge is 0.497 e. The van der Waals surface area contributed by atoms with Gasteiger partial charge in [0.2, 0.25) is 0 Å². The van der Waals surface area contributed by atoms with Crippen LogP contribution in [0.25, 0.3) is 10.8 Å². The minimum Gasteiger partial charge on any atom is -0.497 e. The standard InChI is InChI=1S/C15H16O4/c1-18-13-7-11-5-3-4-10(6-12(17)9-16)15(11)14(8-13)19-2/h3-5,7-8,16H,6,9H2,1-2H3. The van der Waals surface area contributed by atoms with Gasteiger partial charge in [-0.2, -0.15) is 0 Å². The van der Waals surface area contributed by atoms with E-state index in [1.807, 2.05) is 24.3 Å². The summed E-state index contributed by atoms with van der Waals surface area (Å²) >= 11 is 0. The number of carbonyl (C=O) groups excluding carboxylic acids is 1. The van der Waals surface area contributed by atoms with Crippen molar-refractivity contribution in [3.63, 3.8) is 0 Å². The van der Waals surface area contributed by atoms with Crippen LogP contribution in [0.1, 0.15) is 5.56 Å². The Labute approximate surface area is 111 Å². The lowest BCUT2D eigenvalue weighted by Gasteiger charge is -2.12. The van der Waals surface area contributed by atoms with Gasteiger partial charge in [0.05, 0.1) is 14.2 Å². The van der Waals surface area contributed by atoms with Gasteiger partial charge < -0.3 is 14.6 Å². The first-order valence-electron chi connectivity index (χ1n) is 5.95. The van der Waals surface area contributed by atoms with Gasteiger partial charge in [-0.15, -0.1) is 0 Å². The van der Waals surface area contributed by atoms with E-state index in [-0.39, 0.29) is 12.2 Å². The van der Waals surface area contributed by atoms with Crippen molar-refractivity contribution in [3.8, 4) is 11.5 Å². The minimum absolute atomic E-state index is 0.191. The van der Waals surface area contributed by atoms with Gasteiger partial charge in [-0.25, -0.2) is 0 Å². The first-order chi connectivity index (χ1) is 9.19. The molecule has 0 aliphatic rings. The average molecular weight is 260 g/mol. The zero-order valence-electron chi connectivity index (χ0n) is 11.0. The molecule has 0 unspecified atom stereocenters. The summed E-state index contributed by atoms with van der Waals surface area (Å²) in [4.78, 5) is 11.4. The van der Waals surface area contributed by atoms with Crippen molar-refractivity contribution in [2.75, 3.05) is 20.8 Å². The quantitative estimate of drug-likeness (QED) is 0.893. The number of hydrogen-bond donors (Lipinski definition) is 1. The van der Waals surface area contributed by atoms with Gasteiger partial charge in [0.1, 0.15) is 18.1 Å². The van der Waals surface area contributed by atoms with Gasteiger partial charge in [-0.3, -0.25) is 4.79 Å². The van der Waals surface area contributed by atoms with Crippen LogP contribution >= 0.6 is 0 Å². The number of aliphatic hydroxyl groups is 1. The summed E-state index contributed by atoms with van der Waals surface area (Å²) in [6.07, 6.45) is 0.191. The molecule has 2 aromatic rings. The number of hydrogen-bond acceptors (Lipinski definition) is 4. The van der Waals surface area contributed by atoms with Crippen LogP contribution in [0, 0.1) is 0 Å². The summed E-state index contributed by atoms with van der Waals surface area (Å²) in [5.74, 6) is 1.15. The molecule has 0 aliphatic heterocycles. The van der Waals surface area contributed by atoms with E-state index >= 15 is 0 Å². The summed E-state index contributed by atoms with van der Waals surface area (Å²) in [5, 5.41) is 10.7. The summed E-state index contributed by atoms with van der Waals surface area (Å²) in [6, 6.07) is 9.36. The first kappa shape index (κ1) is 13.4. The molecule has 4 nitrogen and oxygen atoms in total. The highest BCUT2D eigenvalue weighted by atomic mass is 16.5. The minimum atomic E-state index is -0.450. The second-order valence-electron chi connectivity index (χ2n) is 4.22. The normalized spacial score (nSPS) is 10.5. The lowest BCUT2D eigenvalue weighted by Crippen LogP contribution is -2.08. The Bertz CT molecular complexity index is 604. The third-order valence-corrected chi connectivity index (χ3v) is 3.02. The Balaban J connectivity index is 2.62. The van der Waals surface area contributed by atoms with E-state index in [0.717, 1.165) is 16.3 Å². The molecule has 0 aliphatic carbocycles. The van der Waals surface area contributed by atoms with Crippen molar-refractivity contribution in [3.05, 3.63) is 35.9 Å². The number of rotatable bonds is 5. The van der Waals surface area contributed by atoms with Gasteiger partial charge in [-0.1, -0.05) is 18.2 Å². The van der Waals surface area contributed by atoms with Crippen LogP contribution in [-0.2, 0) is 11.2 Å². The Morgan fingerprint density at radius 1 is 1.21 bits per heavy atom. The lowest BCUT2D eigenvalue weighted by molar-refractivity contribution is -0.121. The van der Waals surface area contributed by atoms with E-state index in [9.17, 15) is 4.79 Å². The first-order valence-corrected chi connectivity index (χ1v) is 5.95. The second kappa shape index (κ2) is 5.71. The molecular weight excluding hydrogens is 244 g/mol. The highest BCUT2D eigenvalue weighted by Gasteiger charge is 2.12. The van der Waals surface area contributed by atoms with Crippen LogP contribution in [0.3, 0.4) is 0 Å². The molecule has 2 aromatic carbocycles. The van der Waals surface area contributed by atoms with E-state index in [2.05, 4.69) is 0 Å². The number of Topliss-reactive ketones (excluding diaryl/α,β-unsaturated/α-hetero) is 1. The van der Waals surface area contributed by atoms with Crippen molar-refractivity contribution in [1.29, 1.82) is 0 Å². The predicted molar refractivity (Wildman–Crippen MR) is 72.8 cm³/mol. The highest BCUT2D eigenvalue weighted by Crippen LogP contribution is 2.33. The average Bonchev–Trinajstić information content (AvgIpc) is 2.45. The van der Waals surface area contributed by atoms with Gasteiger partial charge in [-0.05, 0) is 17.0 Å². The Hall–Kier alpha value is -2.07. The molecule has 100 valence electrons. The third kappa shape index (κ3) is 2.69. The number of fused-ring (bicyclic) bond motifs is 1. The Morgan fingerprint density at radius 3 is 2.63 bits per heavy atom. The number of ketones is 1. The van der Waals surface area contributed by atoms with Gasteiger partial charge >= 0.3 is 0 Å². The molecule has 19 heavy (non-hydrogen) atoms. The molecule has 0 aromatic heterocycles. The van der Waals surface area contributed by atoms with E-state index in [0.29, 0.717) is 11.5 Å². The molecule has 0 radical (unpaired) electrons. The SMILES string of the molecule is COc1cc(OC)c2c(CC(=O)CO)cccc2c1. The van der Waals surface area contributed by atoms with Crippen LogP contribution in [0.15, 0.2) is 30.3 Å². The Morgan fingerprint density at radius 2 is 2.00 bits per heavy atom. The van der Waals surface area contributed by atoms with Crippen LogP contribution < -0.4 is 9.47 Å². The van der Waals surface area contributed by atoms with E-state index in [4.69, 9.17) is 14.6 Å². The van der Waals surface area contributed by atoms with Crippen LogP contribution in [0.4, 0.5) is 0 Å². The molecule has 0 spiro atoms.